The first-order valence-electron chi connectivity index (χ1n) is 8.16. The van der Waals surface area contributed by atoms with E-state index < -0.39 is 0 Å². The largest absolute Gasteiger partial charge is 0.325 e. The third-order valence-electron chi connectivity index (χ3n) is 3.91. The third kappa shape index (κ3) is 4.20. The lowest BCUT2D eigenvalue weighted by molar-refractivity contribution is -0.116. The van der Waals surface area contributed by atoms with Crippen LogP contribution in [0.15, 0.2) is 71.8 Å². The molecule has 1 heterocycles. The summed E-state index contributed by atoms with van der Waals surface area (Å²) in [7, 11) is 0. The van der Waals surface area contributed by atoms with Crippen molar-refractivity contribution in [2.45, 2.75) is 19.9 Å². The SMILES string of the molecule is CCc1ccc(NC(=O)Cn2cnc(-c3ccccc3)cc2=O)cc1. The van der Waals surface area contributed by atoms with Crippen LogP contribution in [0.2, 0.25) is 0 Å². The van der Waals surface area contributed by atoms with Crippen LogP contribution in [-0.2, 0) is 17.8 Å². The molecule has 3 aromatic rings. The molecule has 5 nitrogen and oxygen atoms in total. The first-order chi connectivity index (χ1) is 12.2. The van der Waals surface area contributed by atoms with E-state index in [1.165, 1.54) is 22.5 Å². The molecule has 1 aromatic heterocycles. The summed E-state index contributed by atoms with van der Waals surface area (Å²) in [5.74, 6) is -0.263. The predicted molar refractivity (Wildman–Crippen MR) is 98.4 cm³/mol. The van der Waals surface area contributed by atoms with Crippen LogP contribution in [0.4, 0.5) is 5.69 Å². The normalized spacial score (nSPS) is 10.4. The van der Waals surface area contributed by atoms with Crippen LogP contribution in [-0.4, -0.2) is 15.5 Å². The molecule has 0 aliphatic carbocycles. The summed E-state index contributed by atoms with van der Waals surface area (Å²) >= 11 is 0. The van der Waals surface area contributed by atoms with Crippen LogP contribution >= 0.6 is 0 Å². The second-order valence-corrected chi connectivity index (χ2v) is 5.70. The zero-order valence-corrected chi connectivity index (χ0v) is 14.0. The molecule has 0 atom stereocenters. The molecule has 0 radical (unpaired) electrons. The Bertz CT molecular complexity index is 916. The van der Waals surface area contributed by atoms with Crippen LogP contribution in [0.3, 0.4) is 0 Å². The molecule has 0 spiro atoms. The zero-order chi connectivity index (χ0) is 17.6. The van der Waals surface area contributed by atoms with Gasteiger partial charge in [0.05, 0.1) is 12.0 Å². The third-order valence-corrected chi connectivity index (χ3v) is 3.91. The van der Waals surface area contributed by atoms with Crippen LogP contribution < -0.4 is 10.9 Å². The van der Waals surface area contributed by atoms with Crippen molar-refractivity contribution < 1.29 is 4.79 Å². The molecular weight excluding hydrogens is 314 g/mol. The minimum Gasteiger partial charge on any atom is -0.325 e. The molecule has 5 heteroatoms. The minimum atomic E-state index is -0.263. The van der Waals surface area contributed by atoms with E-state index in [9.17, 15) is 9.59 Å². The fourth-order valence-corrected chi connectivity index (χ4v) is 2.49. The highest BCUT2D eigenvalue weighted by molar-refractivity contribution is 5.90. The van der Waals surface area contributed by atoms with Gasteiger partial charge in [0.2, 0.25) is 5.91 Å². The van der Waals surface area contributed by atoms with Gasteiger partial charge in [0, 0.05) is 17.3 Å². The lowest BCUT2D eigenvalue weighted by Gasteiger charge is -2.08. The Morgan fingerprint density at radius 3 is 2.44 bits per heavy atom. The van der Waals surface area contributed by atoms with E-state index in [2.05, 4.69) is 17.2 Å². The molecular formula is C20H19N3O2. The second kappa shape index (κ2) is 7.57. The van der Waals surface area contributed by atoms with Crippen molar-refractivity contribution in [3.63, 3.8) is 0 Å². The maximum absolute atomic E-state index is 12.2. The van der Waals surface area contributed by atoms with Crippen molar-refractivity contribution >= 4 is 11.6 Å². The highest BCUT2D eigenvalue weighted by atomic mass is 16.2. The Hall–Kier alpha value is -3.21. The van der Waals surface area contributed by atoms with Gasteiger partial charge in [-0.25, -0.2) is 4.98 Å². The van der Waals surface area contributed by atoms with E-state index in [0.29, 0.717) is 11.4 Å². The summed E-state index contributed by atoms with van der Waals surface area (Å²) in [6.45, 7) is 2.00. The van der Waals surface area contributed by atoms with Crippen molar-refractivity contribution in [2.75, 3.05) is 5.32 Å². The number of carbonyl (C=O) groups excluding carboxylic acids is 1. The van der Waals surface area contributed by atoms with Gasteiger partial charge in [-0.2, -0.15) is 0 Å². The van der Waals surface area contributed by atoms with Gasteiger partial charge in [-0.15, -0.1) is 0 Å². The number of hydrogen-bond donors (Lipinski definition) is 1. The standard InChI is InChI=1S/C20H19N3O2/c1-2-15-8-10-17(11-9-15)22-19(24)13-23-14-21-18(12-20(23)25)16-6-4-3-5-7-16/h3-12,14H,2,13H2,1H3,(H,22,24). The summed E-state index contributed by atoms with van der Waals surface area (Å²) in [5.41, 5.74) is 3.12. The summed E-state index contributed by atoms with van der Waals surface area (Å²) in [5, 5.41) is 2.79. The van der Waals surface area contributed by atoms with E-state index in [0.717, 1.165) is 12.0 Å². The van der Waals surface area contributed by atoms with E-state index >= 15 is 0 Å². The first kappa shape index (κ1) is 16.6. The Morgan fingerprint density at radius 1 is 1.08 bits per heavy atom. The minimum absolute atomic E-state index is 0.0730. The maximum Gasteiger partial charge on any atom is 0.254 e. The van der Waals surface area contributed by atoms with E-state index in [4.69, 9.17) is 0 Å². The highest BCUT2D eigenvalue weighted by Gasteiger charge is 2.07. The molecule has 0 aliphatic rings. The van der Waals surface area contributed by atoms with Gasteiger partial charge in [0.15, 0.2) is 0 Å². The number of nitrogens with one attached hydrogen (secondary N) is 1. The number of aromatic nitrogens is 2. The Morgan fingerprint density at radius 2 is 1.80 bits per heavy atom. The summed E-state index contributed by atoms with van der Waals surface area (Å²) in [4.78, 5) is 28.6. The molecule has 1 amide bonds. The number of aryl methyl sites for hydroxylation is 1. The number of rotatable bonds is 5. The number of amides is 1. The van der Waals surface area contributed by atoms with Crippen molar-refractivity contribution in [3.05, 3.63) is 82.9 Å². The molecule has 2 aromatic carbocycles. The van der Waals surface area contributed by atoms with Gasteiger partial charge < -0.3 is 5.32 Å². The van der Waals surface area contributed by atoms with E-state index in [1.54, 1.807) is 0 Å². The van der Waals surface area contributed by atoms with Crippen molar-refractivity contribution in [3.8, 4) is 11.3 Å². The highest BCUT2D eigenvalue weighted by Crippen LogP contribution is 2.13. The molecule has 126 valence electrons. The van der Waals surface area contributed by atoms with Gasteiger partial charge in [0.1, 0.15) is 6.54 Å². The summed E-state index contributed by atoms with van der Waals surface area (Å²) in [6.07, 6.45) is 2.35. The lowest BCUT2D eigenvalue weighted by Crippen LogP contribution is -2.27. The van der Waals surface area contributed by atoms with Crippen molar-refractivity contribution in [1.29, 1.82) is 0 Å². The molecule has 0 aliphatic heterocycles. The van der Waals surface area contributed by atoms with Gasteiger partial charge in [-0.3, -0.25) is 14.2 Å². The number of nitrogens with zero attached hydrogens (tertiary/aromatic N) is 2. The van der Waals surface area contributed by atoms with Gasteiger partial charge >= 0.3 is 0 Å². The van der Waals surface area contributed by atoms with E-state index in [-0.39, 0.29) is 18.0 Å². The zero-order valence-electron chi connectivity index (χ0n) is 14.0. The quantitative estimate of drug-likeness (QED) is 0.780. The Labute approximate surface area is 146 Å². The molecule has 25 heavy (non-hydrogen) atoms. The topological polar surface area (TPSA) is 64.0 Å². The smallest absolute Gasteiger partial charge is 0.254 e. The van der Waals surface area contributed by atoms with Gasteiger partial charge in [-0.1, -0.05) is 49.4 Å². The number of benzene rings is 2. The molecule has 0 saturated heterocycles. The first-order valence-corrected chi connectivity index (χ1v) is 8.16. The number of hydrogen-bond acceptors (Lipinski definition) is 3. The van der Waals surface area contributed by atoms with Crippen molar-refractivity contribution in [2.24, 2.45) is 0 Å². The molecule has 0 bridgehead atoms. The number of carbonyl (C=O) groups is 1. The lowest BCUT2D eigenvalue weighted by atomic mass is 10.1. The van der Waals surface area contributed by atoms with Gasteiger partial charge in [-0.05, 0) is 24.1 Å². The van der Waals surface area contributed by atoms with Crippen molar-refractivity contribution in [1.82, 2.24) is 9.55 Å². The molecule has 0 fully saturated rings. The maximum atomic E-state index is 12.2. The predicted octanol–water partition coefficient (Wildman–Crippen LogP) is 3.11. The van der Waals surface area contributed by atoms with Crippen LogP contribution in [0.25, 0.3) is 11.3 Å². The average molecular weight is 333 g/mol. The van der Waals surface area contributed by atoms with Crippen LogP contribution in [0.1, 0.15) is 12.5 Å². The Balaban J connectivity index is 1.70. The number of anilines is 1. The monoisotopic (exact) mass is 333 g/mol. The fourth-order valence-electron chi connectivity index (χ4n) is 2.49. The Kier molecular flexibility index (Phi) is 5.04. The molecule has 1 N–H and O–H groups in total. The van der Waals surface area contributed by atoms with Crippen LogP contribution in [0, 0.1) is 0 Å². The van der Waals surface area contributed by atoms with Gasteiger partial charge in [0.25, 0.3) is 5.56 Å². The molecule has 0 saturated carbocycles. The summed E-state index contributed by atoms with van der Waals surface area (Å²) < 4.78 is 1.29. The van der Waals surface area contributed by atoms with E-state index in [1.807, 2.05) is 54.6 Å². The summed E-state index contributed by atoms with van der Waals surface area (Å²) in [6, 6.07) is 18.6. The fraction of sp³-hybridized carbons (Fsp3) is 0.150. The molecule has 0 unspecified atom stereocenters. The van der Waals surface area contributed by atoms with Crippen LogP contribution in [0.5, 0.6) is 0 Å². The second-order valence-electron chi connectivity index (χ2n) is 5.70. The molecule has 3 rings (SSSR count). The average Bonchev–Trinajstić information content (AvgIpc) is 2.65.